The van der Waals surface area contributed by atoms with Crippen LogP contribution in [-0.2, 0) is 15.6 Å². The fourth-order valence-electron chi connectivity index (χ4n) is 2.03. The zero-order valence-electron chi connectivity index (χ0n) is 13.4. The fourth-order valence-corrected chi connectivity index (χ4v) is 2.71. The number of nitrogens with one attached hydrogen (secondary N) is 2. The maximum atomic E-state index is 11.5. The average molecular weight is 349 g/mol. The van der Waals surface area contributed by atoms with E-state index in [0.29, 0.717) is 29.3 Å². The number of anilines is 2. The molecule has 0 aliphatic carbocycles. The molecule has 0 aliphatic heterocycles. The van der Waals surface area contributed by atoms with Crippen LogP contribution in [0.5, 0.6) is 0 Å². The zero-order chi connectivity index (χ0) is 17.7. The average Bonchev–Trinajstić information content (AvgIpc) is 2.45. The number of hydrogen-bond donors (Lipinski definition) is 3. The van der Waals surface area contributed by atoms with Gasteiger partial charge in [0, 0.05) is 30.1 Å². The topological polar surface area (TPSA) is 127 Å². The highest BCUT2D eigenvalue weighted by Crippen LogP contribution is 2.20. The van der Waals surface area contributed by atoms with E-state index in [0.717, 1.165) is 6.26 Å². The third-order valence-electron chi connectivity index (χ3n) is 2.95. The Bertz CT molecular complexity index is 835. The number of sulfone groups is 1. The van der Waals surface area contributed by atoms with Crippen molar-refractivity contribution in [2.24, 2.45) is 0 Å². The first kappa shape index (κ1) is 17.7. The Kier molecular flexibility index (Phi) is 5.35. The molecular weight excluding hydrogens is 330 g/mol. The van der Waals surface area contributed by atoms with Crippen LogP contribution in [0.3, 0.4) is 0 Å². The smallest absolute Gasteiger partial charge is 0.319 e. The summed E-state index contributed by atoms with van der Waals surface area (Å²) >= 11 is 0. The third-order valence-corrected chi connectivity index (χ3v) is 3.77. The second kappa shape index (κ2) is 7.26. The molecule has 1 aromatic carbocycles. The van der Waals surface area contributed by atoms with E-state index < -0.39 is 9.84 Å². The van der Waals surface area contributed by atoms with Gasteiger partial charge in [-0.3, -0.25) is 0 Å². The number of nitrogens with two attached hydrogens (primary N) is 1. The van der Waals surface area contributed by atoms with Crippen LogP contribution in [0.1, 0.15) is 12.6 Å². The lowest BCUT2D eigenvalue weighted by molar-refractivity contribution is 0.252. The van der Waals surface area contributed by atoms with Gasteiger partial charge in [0.25, 0.3) is 0 Å². The fraction of sp³-hybridized carbons (Fsp3) is 0.267. The highest BCUT2D eigenvalue weighted by Gasteiger charge is 2.11. The van der Waals surface area contributed by atoms with Gasteiger partial charge in [0.2, 0.25) is 0 Å². The van der Waals surface area contributed by atoms with Gasteiger partial charge in [0.15, 0.2) is 15.7 Å². The maximum absolute atomic E-state index is 11.5. The summed E-state index contributed by atoms with van der Waals surface area (Å²) in [5, 5.41) is 5.31. The minimum Gasteiger partial charge on any atom is -0.384 e. The molecule has 1 aromatic heterocycles. The Morgan fingerprint density at radius 1 is 1.21 bits per heavy atom. The van der Waals surface area contributed by atoms with E-state index in [1.807, 2.05) is 6.92 Å². The molecule has 0 bridgehead atoms. The van der Waals surface area contributed by atoms with Crippen molar-refractivity contribution in [1.29, 1.82) is 0 Å². The molecule has 2 aromatic rings. The quantitative estimate of drug-likeness (QED) is 0.749. The number of carbonyl (C=O) groups is 1. The van der Waals surface area contributed by atoms with Gasteiger partial charge in [-0.2, -0.15) is 0 Å². The van der Waals surface area contributed by atoms with Crippen LogP contribution in [-0.4, -0.2) is 37.2 Å². The van der Waals surface area contributed by atoms with Crippen molar-refractivity contribution in [1.82, 2.24) is 15.3 Å². The van der Waals surface area contributed by atoms with E-state index in [1.54, 1.807) is 24.3 Å². The van der Waals surface area contributed by atoms with E-state index in [4.69, 9.17) is 5.73 Å². The summed E-state index contributed by atoms with van der Waals surface area (Å²) in [5.41, 5.74) is 7.35. The van der Waals surface area contributed by atoms with E-state index in [2.05, 4.69) is 20.6 Å². The lowest BCUT2D eigenvalue weighted by Crippen LogP contribution is -2.28. The van der Waals surface area contributed by atoms with Gasteiger partial charge in [-0.05, 0) is 31.2 Å². The van der Waals surface area contributed by atoms with Crippen LogP contribution in [0.25, 0.3) is 11.4 Å². The lowest BCUT2D eigenvalue weighted by atomic mass is 10.2. The van der Waals surface area contributed by atoms with Crippen LogP contribution >= 0.6 is 0 Å². The molecule has 2 rings (SSSR count). The minimum atomic E-state index is -3.22. The molecule has 1 heterocycles. The number of urea groups is 1. The van der Waals surface area contributed by atoms with Crippen LogP contribution in [0.4, 0.5) is 16.3 Å². The first-order valence-electron chi connectivity index (χ1n) is 7.23. The largest absolute Gasteiger partial charge is 0.384 e. The molecular formula is C15H19N5O3S. The number of hydrogen-bond acceptors (Lipinski definition) is 6. The van der Waals surface area contributed by atoms with Crippen LogP contribution in [0.2, 0.25) is 0 Å². The first-order chi connectivity index (χ1) is 11.3. The second-order valence-electron chi connectivity index (χ2n) is 5.24. The van der Waals surface area contributed by atoms with Gasteiger partial charge in [0.1, 0.15) is 5.82 Å². The Labute approximate surface area is 140 Å². The van der Waals surface area contributed by atoms with Crippen molar-refractivity contribution >= 4 is 27.4 Å². The molecule has 9 heteroatoms. The standard InChI is InChI=1S/C15H19N5O3S/c1-3-17-15(21)19-11-6-4-10(5-7-11)14-18-12(8-13(16)20-14)9-24(2,22)23/h4-8H,3,9H2,1-2H3,(H2,16,18,20)(H2,17,19,21). The lowest BCUT2D eigenvalue weighted by Gasteiger charge is -2.08. The molecule has 4 N–H and O–H groups in total. The Morgan fingerprint density at radius 3 is 2.46 bits per heavy atom. The number of amides is 2. The summed E-state index contributed by atoms with van der Waals surface area (Å²) in [6.45, 7) is 2.36. The molecule has 0 saturated carbocycles. The van der Waals surface area contributed by atoms with Gasteiger partial charge in [-0.25, -0.2) is 23.2 Å². The van der Waals surface area contributed by atoms with Crippen molar-refractivity contribution in [2.45, 2.75) is 12.7 Å². The number of rotatable bonds is 5. The van der Waals surface area contributed by atoms with Gasteiger partial charge < -0.3 is 16.4 Å². The Hall–Kier alpha value is -2.68. The van der Waals surface area contributed by atoms with Gasteiger partial charge in [0.05, 0.1) is 11.4 Å². The van der Waals surface area contributed by atoms with Crippen molar-refractivity contribution in [3.05, 3.63) is 36.0 Å². The highest BCUT2D eigenvalue weighted by molar-refractivity contribution is 7.89. The van der Waals surface area contributed by atoms with E-state index in [-0.39, 0.29) is 17.6 Å². The Balaban J connectivity index is 2.24. The third kappa shape index (κ3) is 5.20. The van der Waals surface area contributed by atoms with E-state index in [9.17, 15) is 13.2 Å². The van der Waals surface area contributed by atoms with E-state index in [1.165, 1.54) is 6.07 Å². The van der Waals surface area contributed by atoms with Gasteiger partial charge in [-0.1, -0.05) is 0 Å². The first-order valence-corrected chi connectivity index (χ1v) is 9.29. The molecule has 0 atom stereocenters. The number of benzene rings is 1. The van der Waals surface area contributed by atoms with Gasteiger partial charge >= 0.3 is 6.03 Å². The predicted molar refractivity (Wildman–Crippen MR) is 93.1 cm³/mol. The summed E-state index contributed by atoms with van der Waals surface area (Å²) in [6, 6.07) is 8.00. The molecule has 0 fully saturated rings. The van der Waals surface area contributed by atoms with Crippen molar-refractivity contribution in [3.63, 3.8) is 0 Å². The number of carbonyl (C=O) groups excluding carboxylic acids is 1. The van der Waals surface area contributed by atoms with Gasteiger partial charge in [-0.15, -0.1) is 0 Å². The molecule has 2 amide bonds. The predicted octanol–water partition coefficient (Wildman–Crippen LogP) is 1.41. The Morgan fingerprint density at radius 2 is 1.88 bits per heavy atom. The van der Waals surface area contributed by atoms with Crippen LogP contribution in [0.15, 0.2) is 30.3 Å². The molecule has 0 spiro atoms. The molecule has 8 nitrogen and oxygen atoms in total. The molecule has 24 heavy (non-hydrogen) atoms. The highest BCUT2D eigenvalue weighted by atomic mass is 32.2. The zero-order valence-corrected chi connectivity index (χ0v) is 14.2. The van der Waals surface area contributed by atoms with Crippen LogP contribution < -0.4 is 16.4 Å². The number of nitrogen functional groups attached to an aromatic ring is 1. The van der Waals surface area contributed by atoms with Crippen molar-refractivity contribution in [2.75, 3.05) is 23.9 Å². The molecule has 128 valence electrons. The molecule has 0 aliphatic rings. The minimum absolute atomic E-state index is 0.197. The summed E-state index contributed by atoms with van der Waals surface area (Å²) in [6.07, 6.45) is 1.13. The second-order valence-corrected chi connectivity index (χ2v) is 7.38. The van der Waals surface area contributed by atoms with Crippen molar-refractivity contribution < 1.29 is 13.2 Å². The summed E-state index contributed by atoms with van der Waals surface area (Å²) in [7, 11) is -3.22. The monoisotopic (exact) mass is 349 g/mol. The molecule has 0 radical (unpaired) electrons. The molecule has 0 unspecified atom stereocenters. The van der Waals surface area contributed by atoms with Crippen molar-refractivity contribution in [3.8, 4) is 11.4 Å². The SMILES string of the molecule is CCNC(=O)Nc1ccc(-c2nc(N)cc(CS(C)(=O)=O)n2)cc1. The normalized spacial score (nSPS) is 11.1. The van der Waals surface area contributed by atoms with Crippen LogP contribution in [0, 0.1) is 0 Å². The summed E-state index contributed by atoms with van der Waals surface area (Å²) in [5.74, 6) is 0.324. The number of aromatic nitrogens is 2. The van der Waals surface area contributed by atoms with E-state index >= 15 is 0 Å². The molecule has 0 saturated heterocycles. The number of nitrogens with zero attached hydrogens (tertiary/aromatic N) is 2. The summed E-state index contributed by atoms with van der Waals surface area (Å²) in [4.78, 5) is 19.8. The maximum Gasteiger partial charge on any atom is 0.319 e. The summed E-state index contributed by atoms with van der Waals surface area (Å²) < 4.78 is 22.8.